The highest BCUT2D eigenvalue weighted by Gasteiger charge is 2.11. The summed E-state index contributed by atoms with van der Waals surface area (Å²) in [4.78, 5) is 27.6. The lowest BCUT2D eigenvalue weighted by molar-refractivity contribution is -0.385. The molecular formula is C21H17N3O4. The molecule has 3 aromatic carbocycles. The van der Waals surface area contributed by atoms with Crippen LogP contribution in [0, 0.1) is 10.1 Å². The molecule has 1 amide bonds. The third kappa shape index (κ3) is 4.79. The second-order valence-electron chi connectivity index (χ2n) is 5.78. The molecular weight excluding hydrogens is 358 g/mol. The van der Waals surface area contributed by atoms with Crippen molar-refractivity contribution in [3.05, 3.63) is 94.5 Å². The van der Waals surface area contributed by atoms with Crippen molar-refractivity contribution in [1.82, 2.24) is 0 Å². The van der Waals surface area contributed by atoms with E-state index in [2.05, 4.69) is 10.5 Å². The van der Waals surface area contributed by atoms with Crippen LogP contribution in [0.3, 0.4) is 0 Å². The maximum absolute atomic E-state index is 12.2. The van der Waals surface area contributed by atoms with Crippen molar-refractivity contribution in [3.63, 3.8) is 0 Å². The third-order valence-corrected chi connectivity index (χ3v) is 3.88. The molecule has 0 saturated heterocycles. The van der Waals surface area contributed by atoms with Crippen LogP contribution in [0.2, 0.25) is 0 Å². The van der Waals surface area contributed by atoms with Gasteiger partial charge >= 0.3 is 0 Å². The molecule has 0 radical (unpaired) electrons. The average Bonchev–Trinajstić information content (AvgIpc) is 2.72. The van der Waals surface area contributed by atoms with Crippen LogP contribution in [0.4, 0.5) is 11.4 Å². The largest absolute Gasteiger partial charge is 0.386 e. The zero-order valence-corrected chi connectivity index (χ0v) is 14.8. The van der Waals surface area contributed by atoms with Gasteiger partial charge in [0, 0.05) is 17.3 Å². The molecule has 0 spiro atoms. The maximum atomic E-state index is 12.2. The fourth-order valence-electron chi connectivity index (χ4n) is 2.60. The Morgan fingerprint density at radius 3 is 2.46 bits per heavy atom. The topological polar surface area (TPSA) is 93.8 Å². The SMILES string of the molecule is O=C(CO/N=C/c1ccccc1[N+](=O)[O-])Nc1ccccc1-c1ccccc1. The number of carbonyl (C=O) groups excluding carboxylic acids is 1. The second-order valence-corrected chi connectivity index (χ2v) is 5.78. The molecule has 0 aliphatic carbocycles. The lowest BCUT2D eigenvalue weighted by atomic mass is 10.0. The molecule has 0 saturated carbocycles. The number of hydrogen-bond acceptors (Lipinski definition) is 5. The number of para-hydroxylation sites is 2. The maximum Gasteiger partial charge on any atom is 0.278 e. The van der Waals surface area contributed by atoms with E-state index in [0.29, 0.717) is 11.3 Å². The fourth-order valence-corrected chi connectivity index (χ4v) is 2.60. The van der Waals surface area contributed by atoms with Gasteiger partial charge < -0.3 is 10.2 Å². The molecule has 0 bridgehead atoms. The Balaban J connectivity index is 1.61. The van der Waals surface area contributed by atoms with Gasteiger partial charge in [0.1, 0.15) is 0 Å². The van der Waals surface area contributed by atoms with Gasteiger partial charge in [-0.1, -0.05) is 65.8 Å². The number of oxime groups is 1. The van der Waals surface area contributed by atoms with Gasteiger partial charge in [-0.25, -0.2) is 0 Å². The predicted molar refractivity (Wildman–Crippen MR) is 107 cm³/mol. The number of anilines is 1. The van der Waals surface area contributed by atoms with Crippen LogP contribution in [-0.2, 0) is 9.63 Å². The van der Waals surface area contributed by atoms with Crippen LogP contribution in [-0.4, -0.2) is 23.7 Å². The molecule has 140 valence electrons. The summed E-state index contributed by atoms with van der Waals surface area (Å²) in [7, 11) is 0. The Bertz CT molecular complexity index is 1000. The Morgan fingerprint density at radius 1 is 1.00 bits per heavy atom. The van der Waals surface area contributed by atoms with Gasteiger partial charge in [-0.05, 0) is 17.7 Å². The third-order valence-electron chi connectivity index (χ3n) is 3.88. The minimum absolute atomic E-state index is 0.0870. The van der Waals surface area contributed by atoms with Gasteiger partial charge in [-0.15, -0.1) is 0 Å². The van der Waals surface area contributed by atoms with E-state index >= 15 is 0 Å². The van der Waals surface area contributed by atoms with Crippen molar-refractivity contribution < 1.29 is 14.6 Å². The first-order chi connectivity index (χ1) is 13.6. The number of amides is 1. The molecule has 7 nitrogen and oxygen atoms in total. The lowest BCUT2D eigenvalue weighted by Gasteiger charge is -2.10. The van der Waals surface area contributed by atoms with Crippen molar-refractivity contribution in [2.45, 2.75) is 0 Å². The summed E-state index contributed by atoms with van der Waals surface area (Å²) >= 11 is 0. The summed E-state index contributed by atoms with van der Waals surface area (Å²) in [5.74, 6) is -0.386. The van der Waals surface area contributed by atoms with Crippen LogP contribution in [0.25, 0.3) is 11.1 Å². The molecule has 0 unspecified atom stereocenters. The molecule has 0 atom stereocenters. The molecule has 0 aliphatic heterocycles. The minimum atomic E-state index is -0.505. The van der Waals surface area contributed by atoms with Crippen molar-refractivity contribution in [3.8, 4) is 11.1 Å². The lowest BCUT2D eigenvalue weighted by Crippen LogP contribution is -2.17. The summed E-state index contributed by atoms with van der Waals surface area (Å²) in [6.45, 7) is -0.319. The molecule has 28 heavy (non-hydrogen) atoms. The summed E-state index contributed by atoms with van der Waals surface area (Å²) in [5, 5.41) is 17.4. The van der Waals surface area contributed by atoms with Gasteiger partial charge in [0.2, 0.25) is 0 Å². The Kier molecular flexibility index (Phi) is 6.10. The fraction of sp³-hybridized carbons (Fsp3) is 0.0476. The molecule has 3 aromatic rings. The highest BCUT2D eigenvalue weighted by atomic mass is 16.6. The van der Waals surface area contributed by atoms with E-state index < -0.39 is 4.92 Å². The van der Waals surface area contributed by atoms with Gasteiger partial charge in [-0.3, -0.25) is 14.9 Å². The Morgan fingerprint density at radius 2 is 1.68 bits per heavy atom. The first-order valence-electron chi connectivity index (χ1n) is 8.48. The first kappa shape index (κ1) is 18.8. The van der Waals surface area contributed by atoms with Crippen molar-refractivity contribution in [2.24, 2.45) is 5.16 Å². The minimum Gasteiger partial charge on any atom is -0.386 e. The summed E-state index contributed by atoms with van der Waals surface area (Å²) in [6.07, 6.45) is 1.21. The quantitative estimate of drug-likeness (QED) is 0.379. The molecule has 7 heteroatoms. The van der Waals surface area contributed by atoms with E-state index in [9.17, 15) is 14.9 Å². The van der Waals surface area contributed by atoms with Crippen molar-refractivity contribution in [1.29, 1.82) is 0 Å². The summed E-state index contributed by atoms with van der Waals surface area (Å²) in [6, 6.07) is 23.3. The van der Waals surface area contributed by atoms with Crippen LogP contribution in [0.5, 0.6) is 0 Å². The van der Waals surface area contributed by atoms with Crippen LogP contribution < -0.4 is 5.32 Å². The standard InChI is InChI=1S/C21H17N3O4/c25-21(15-28-22-14-17-10-4-7-13-20(17)24(26)27)23-19-12-6-5-11-18(19)16-8-2-1-3-9-16/h1-14H,15H2,(H,23,25)/b22-14+. The number of benzene rings is 3. The Hall–Kier alpha value is -4.00. The van der Waals surface area contributed by atoms with Crippen molar-refractivity contribution in [2.75, 3.05) is 11.9 Å². The van der Waals surface area contributed by atoms with E-state index in [0.717, 1.165) is 11.1 Å². The zero-order chi connectivity index (χ0) is 19.8. The highest BCUT2D eigenvalue weighted by molar-refractivity contribution is 5.96. The first-order valence-corrected chi connectivity index (χ1v) is 8.48. The van der Waals surface area contributed by atoms with Gasteiger partial charge in [-0.2, -0.15) is 0 Å². The van der Waals surface area contributed by atoms with E-state index in [4.69, 9.17) is 4.84 Å². The average molecular weight is 375 g/mol. The van der Waals surface area contributed by atoms with Crippen molar-refractivity contribution >= 4 is 23.5 Å². The smallest absolute Gasteiger partial charge is 0.278 e. The number of nitro groups is 1. The number of nitrogens with zero attached hydrogens (tertiary/aromatic N) is 2. The van der Waals surface area contributed by atoms with Gasteiger partial charge in [0.15, 0.2) is 6.61 Å². The number of rotatable bonds is 7. The molecule has 0 heterocycles. The van der Waals surface area contributed by atoms with Crippen LogP contribution >= 0.6 is 0 Å². The predicted octanol–water partition coefficient (Wildman–Crippen LogP) is 4.25. The van der Waals surface area contributed by atoms with E-state index in [-0.39, 0.29) is 18.2 Å². The van der Waals surface area contributed by atoms with E-state index in [1.54, 1.807) is 24.3 Å². The normalized spacial score (nSPS) is 10.6. The van der Waals surface area contributed by atoms with E-state index in [1.165, 1.54) is 12.3 Å². The molecule has 0 aromatic heterocycles. The molecule has 0 aliphatic rings. The second kappa shape index (κ2) is 9.09. The number of nitrogens with one attached hydrogen (secondary N) is 1. The van der Waals surface area contributed by atoms with Gasteiger partial charge in [0.05, 0.1) is 16.7 Å². The zero-order valence-electron chi connectivity index (χ0n) is 14.8. The molecule has 3 rings (SSSR count). The number of carbonyl (C=O) groups is 1. The van der Waals surface area contributed by atoms with E-state index in [1.807, 2.05) is 48.5 Å². The number of hydrogen-bond donors (Lipinski definition) is 1. The molecule has 1 N–H and O–H groups in total. The monoisotopic (exact) mass is 375 g/mol. The Labute approximate surface area is 161 Å². The number of nitro benzene ring substituents is 1. The summed E-state index contributed by atoms with van der Waals surface area (Å²) < 4.78 is 0. The van der Waals surface area contributed by atoms with Crippen LogP contribution in [0.15, 0.2) is 84.0 Å². The van der Waals surface area contributed by atoms with Crippen LogP contribution in [0.1, 0.15) is 5.56 Å². The summed E-state index contributed by atoms with van der Waals surface area (Å²) in [5.41, 5.74) is 2.73. The molecule has 0 fully saturated rings. The van der Waals surface area contributed by atoms with Gasteiger partial charge in [0.25, 0.3) is 11.6 Å². The highest BCUT2D eigenvalue weighted by Crippen LogP contribution is 2.27.